The number of aromatic nitrogens is 1. The van der Waals surface area contributed by atoms with Gasteiger partial charge in [0.05, 0.1) is 11.9 Å². The van der Waals surface area contributed by atoms with Crippen LogP contribution in [-0.4, -0.2) is 29.6 Å². The fourth-order valence-electron chi connectivity index (χ4n) is 3.76. The number of hydrazone groups is 1. The zero-order valence-electron chi connectivity index (χ0n) is 22.2. The summed E-state index contributed by atoms with van der Waals surface area (Å²) < 4.78 is 19.5. The molecule has 0 aliphatic rings. The fraction of sp³-hybridized carbons (Fsp3) is 0.0323. The molecule has 0 unspecified atom stereocenters. The summed E-state index contributed by atoms with van der Waals surface area (Å²) in [7, 11) is 0. The van der Waals surface area contributed by atoms with E-state index in [0.717, 1.165) is 26.5 Å². The van der Waals surface area contributed by atoms with Gasteiger partial charge in [0.2, 0.25) is 0 Å². The van der Waals surface area contributed by atoms with Crippen molar-refractivity contribution in [1.82, 2.24) is 10.4 Å². The van der Waals surface area contributed by atoms with Gasteiger partial charge in [-0.2, -0.15) is 5.10 Å². The molecule has 0 aliphatic heterocycles. The third-order valence-electron chi connectivity index (χ3n) is 5.87. The summed E-state index contributed by atoms with van der Waals surface area (Å²) >= 11 is 10.8. The molecule has 12 heteroatoms. The Morgan fingerprint density at radius 1 is 0.977 bits per heavy atom. The quantitative estimate of drug-likeness (QED) is 0.103. The number of amides is 2. The SMILES string of the molecule is O=C(COc1ccc(Br)cc1/C=N\NC(=O)c1ccc(-c2csc(Nc3ccc(Cl)cc3)n2)cc1)Nc1ccc(F)cc1. The lowest BCUT2D eigenvalue weighted by molar-refractivity contribution is -0.118. The average molecular weight is 679 g/mol. The predicted octanol–water partition coefficient (Wildman–Crippen LogP) is 7.89. The molecule has 0 saturated heterocycles. The van der Waals surface area contributed by atoms with Crippen molar-refractivity contribution in [3.63, 3.8) is 0 Å². The highest BCUT2D eigenvalue weighted by Gasteiger charge is 2.10. The van der Waals surface area contributed by atoms with Crippen LogP contribution in [0.1, 0.15) is 15.9 Å². The molecule has 0 saturated carbocycles. The van der Waals surface area contributed by atoms with E-state index in [2.05, 4.69) is 42.1 Å². The second-order valence-corrected chi connectivity index (χ2v) is 11.2. The Morgan fingerprint density at radius 2 is 1.70 bits per heavy atom. The van der Waals surface area contributed by atoms with Crippen molar-refractivity contribution in [2.75, 3.05) is 17.2 Å². The van der Waals surface area contributed by atoms with Crippen LogP contribution in [0.4, 0.5) is 20.9 Å². The van der Waals surface area contributed by atoms with Crippen LogP contribution in [0, 0.1) is 5.82 Å². The van der Waals surface area contributed by atoms with Crippen molar-refractivity contribution in [2.45, 2.75) is 0 Å². The molecule has 0 radical (unpaired) electrons. The molecular weight excluding hydrogens is 657 g/mol. The molecular formula is C31H22BrClFN5O3S. The summed E-state index contributed by atoms with van der Waals surface area (Å²) in [5.41, 5.74) is 6.43. The zero-order valence-corrected chi connectivity index (χ0v) is 25.3. The van der Waals surface area contributed by atoms with E-state index in [9.17, 15) is 14.0 Å². The number of halogens is 3. The highest BCUT2D eigenvalue weighted by molar-refractivity contribution is 9.10. The van der Waals surface area contributed by atoms with Gasteiger partial charge in [0.1, 0.15) is 11.6 Å². The Bertz CT molecular complexity index is 1760. The molecule has 4 aromatic carbocycles. The molecule has 0 spiro atoms. The number of ether oxygens (including phenoxy) is 1. The first kappa shape index (κ1) is 29.9. The molecule has 3 N–H and O–H groups in total. The largest absolute Gasteiger partial charge is 0.483 e. The maximum absolute atomic E-state index is 13.1. The minimum atomic E-state index is -0.416. The number of nitrogens with zero attached hydrogens (tertiary/aromatic N) is 2. The van der Waals surface area contributed by atoms with E-state index in [0.29, 0.717) is 27.6 Å². The summed E-state index contributed by atoms with van der Waals surface area (Å²) in [6.45, 7) is -0.282. The number of hydrogen-bond acceptors (Lipinski definition) is 7. The van der Waals surface area contributed by atoms with Crippen LogP contribution in [0.3, 0.4) is 0 Å². The van der Waals surface area contributed by atoms with Gasteiger partial charge < -0.3 is 15.4 Å². The van der Waals surface area contributed by atoms with Crippen LogP contribution in [-0.2, 0) is 4.79 Å². The summed E-state index contributed by atoms with van der Waals surface area (Å²) in [5, 5.41) is 13.3. The number of anilines is 3. The lowest BCUT2D eigenvalue weighted by Gasteiger charge is -2.10. The molecule has 5 aromatic rings. The molecule has 0 aliphatic carbocycles. The Balaban J connectivity index is 1.16. The van der Waals surface area contributed by atoms with Crippen LogP contribution in [0.25, 0.3) is 11.3 Å². The molecule has 0 bridgehead atoms. The van der Waals surface area contributed by atoms with Crippen molar-refractivity contribution < 1.29 is 18.7 Å². The van der Waals surface area contributed by atoms with Crippen molar-refractivity contribution in [3.8, 4) is 17.0 Å². The molecule has 0 atom stereocenters. The van der Waals surface area contributed by atoms with Gasteiger partial charge in [-0.3, -0.25) is 9.59 Å². The van der Waals surface area contributed by atoms with E-state index in [1.165, 1.54) is 41.8 Å². The zero-order chi connectivity index (χ0) is 30.2. The molecule has 0 fully saturated rings. The predicted molar refractivity (Wildman–Crippen MR) is 172 cm³/mol. The van der Waals surface area contributed by atoms with Crippen LogP contribution in [0.5, 0.6) is 5.75 Å². The van der Waals surface area contributed by atoms with E-state index in [4.69, 9.17) is 16.3 Å². The number of carbonyl (C=O) groups is 2. The molecule has 5 rings (SSSR count). The molecule has 216 valence electrons. The number of carbonyl (C=O) groups excluding carboxylic acids is 2. The van der Waals surface area contributed by atoms with Crippen LogP contribution in [0.2, 0.25) is 5.02 Å². The highest BCUT2D eigenvalue weighted by atomic mass is 79.9. The fourth-order valence-corrected chi connectivity index (χ4v) is 5.01. The molecule has 1 heterocycles. The van der Waals surface area contributed by atoms with Gasteiger partial charge >= 0.3 is 0 Å². The van der Waals surface area contributed by atoms with Crippen LogP contribution >= 0.6 is 38.9 Å². The first-order valence-corrected chi connectivity index (χ1v) is 14.8. The smallest absolute Gasteiger partial charge is 0.271 e. The highest BCUT2D eigenvalue weighted by Crippen LogP contribution is 2.28. The average Bonchev–Trinajstić information content (AvgIpc) is 3.47. The number of rotatable bonds is 10. The third kappa shape index (κ3) is 8.48. The Labute approximate surface area is 263 Å². The van der Waals surface area contributed by atoms with Gasteiger partial charge in [0.25, 0.3) is 11.8 Å². The molecule has 2 amide bonds. The number of nitrogens with one attached hydrogen (secondary N) is 3. The number of benzene rings is 4. The standard InChI is InChI=1S/C31H22BrClFN5O3S/c32-22-5-14-28(42-17-29(40)36-25-12-8-24(34)9-13-25)21(15-22)16-35-39-30(41)20-3-1-19(2-4-20)27-18-43-31(38-27)37-26-10-6-23(33)7-11-26/h1-16,18H,17H2,(H,36,40)(H,37,38)(H,39,41)/b35-16-. The van der Waals surface area contributed by atoms with Crippen molar-refractivity contribution >= 4 is 73.4 Å². The second kappa shape index (κ2) is 14.1. The van der Waals surface area contributed by atoms with E-state index < -0.39 is 17.6 Å². The maximum Gasteiger partial charge on any atom is 0.271 e. The van der Waals surface area contributed by atoms with Gasteiger partial charge in [-0.1, -0.05) is 39.7 Å². The minimum absolute atomic E-state index is 0.282. The van der Waals surface area contributed by atoms with E-state index in [-0.39, 0.29) is 6.61 Å². The lowest BCUT2D eigenvalue weighted by atomic mass is 10.1. The summed E-state index contributed by atoms with van der Waals surface area (Å²) in [5.74, 6) is -0.832. The summed E-state index contributed by atoms with van der Waals surface area (Å²) in [4.78, 5) is 29.6. The number of hydrogen-bond donors (Lipinski definition) is 3. The summed E-state index contributed by atoms with van der Waals surface area (Å²) in [6, 6.07) is 25.0. The van der Waals surface area contributed by atoms with E-state index in [1.807, 2.05) is 29.6 Å². The Morgan fingerprint density at radius 3 is 2.44 bits per heavy atom. The van der Waals surface area contributed by atoms with Crippen molar-refractivity contribution in [1.29, 1.82) is 0 Å². The second-order valence-electron chi connectivity index (χ2n) is 8.97. The topological polar surface area (TPSA) is 105 Å². The molecule has 8 nitrogen and oxygen atoms in total. The van der Waals surface area contributed by atoms with Crippen LogP contribution < -0.4 is 20.8 Å². The summed E-state index contributed by atoms with van der Waals surface area (Å²) in [6.07, 6.45) is 1.43. The van der Waals surface area contributed by atoms with Gasteiger partial charge in [-0.15, -0.1) is 11.3 Å². The number of thiazole rings is 1. The molecule has 1 aromatic heterocycles. The van der Waals surface area contributed by atoms with Crippen molar-refractivity contribution in [3.05, 3.63) is 123 Å². The molecule has 43 heavy (non-hydrogen) atoms. The van der Waals surface area contributed by atoms with Crippen LogP contribution in [0.15, 0.2) is 106 Å². The maximum atomic E-state index is 13.1. The van der Waals surface area contributed by atoms with Gasteiger partial charge in [0.15, 0.2) is 11.7 Å². The lowest BCUT2D eigenvalue weighted by Crippen LogP contribution is -2.20. The minimum Gasteiger partial charge on any atom is -0.483 e. The van der Waals surface area contributed by atoms with E-state index in [1.54, 1.807) is 42.5 Å². The van der Waals surface area contributed by atoms with E-state index >= 15 is 0 Å². The third-order valence-corrected chi connectivity index (χ3v) is 7.37. The van der Waals surface area contributed by atoms with Gasteiger partial charge in [-0.25, -0.2) is 14.8 Å². The Hall–Kier alpha value is -4.58. The Kier molecular flexibility index (Phi) is 9.77. The monoisotopic (exact) mass is 677 g/mol. The van der Waals surface area contributed by atoms with Gasteiger partial charge in [0, 0.05) is 42.9 Å². The first-order chi connectivity index (χ1) is 20.8. The normalized spacial score (nSPS) is 10.9. The first-order valence-electron chi connectivity index (χ1n) is 12.7. The van der Waals surface area contributed by atoms with Gasteiger partial charge in [-0.05, 0) is 78.9 Å². The van der Waals surface area contributed by atoms with Crippen molar-refractivity contribution in [2.24, 2.45) is 5.10 Å².